The van der Waals surface area contributed by atoms with Crippen molar-refractivity contribution in [2.75, 3.05) is 13.6 Å². The number of carbonyl (C=O) groups is 1. The van der Waals surface area contributed by atoms with Gasteiger partial charge in [0.2, 0.25) is 0 Å². The number of rotatable bonds is 3. The number of carbonyl (C=O) groups excluding carboxylic acids is 1. The van der Waals surface area contributed by atoms with Gasteiger partial charge >= 0.3 is 6.03 Å². The van der Waals surface area contributed by atoms with E-state index in [1.54, 1.807) is 18.4 Å². The molecule has 0 atom stereocenters. The zero-order valence-corrected chi connectivity index (χ0v) is 11.5. The number of hydrogen-bond donors (Lipinski definition) is 2. The fraction of sp³-hybridized carbons (Fsp3) is 0.500. The van der Waals surface area contributed by atoms with E-state index in [0.29, 0.717) is 6.54 Å². The zero-order valence-electron chi connectivity index (χ0n) is 9.06. The number of nitrogens with one attached hydrogen (secondary N) is 2. The van der Waals surface area contributed by atoms with E-state index >= 15 is 0 Å². The van der Waals surface area contributed by atoms with E-state index in [0.717, 1.165) is 4.47 Å². The monoisotopic (exact) mass is 290 g/mol. The third-order valence-corrected chi connectivity index (χ3v) is 4.21. The summed E-state index contributed by atoms with van der Waals surface area (Å²) in [7, 11) is 1.62. The highest BCUT2D eigenvalue weighted by Gasteiger charge is 2.22. The van der Waals surface area contributed by atoms with Crippen LogP contribution in [0, 0.1) is 0 Å². The minimum absolute atomic E-state index is 0.0385. The summed E-state index contributed by atoms with van der Waals surface area (Å²) < 4.78 is 1.09. The van der Waals surface area contributed by atoms with Crippen LogP contribution in [0.1, 0.15) is 18.7 Å². The molecule has 1 heterocycles. The quantitative estimate of drug-likeness (QED) is 0.883. The Hall–Kier alpha value is -0.550. The minimum Gasteiger partial charge on any atom is -0.341 e. The fourth-order valence-electron chi connectivity index (χ4n) is 1.14. The third kappa shape index (κ3) is 3.50. The van der Waals surface area contributed by atoms with Crippen molar-refractivity contribution in [1.29, 1.82) is 0 Å². The van der Waals surface area contributed by atoms with Gasteiger partial charge in [-0.15, -0.1) is 11.3 Å². The van der Waals surface area contributed by atoms with Crippen molar-refractivity contribution in [2.24, 2.45) is 0 Å². The molecule has 0 unspecified atom stereocenters. The van der Waals surface area contributed by atoms with Crippen molar-refractivity contribution in [2.45, 2.75) is 19.3 Å². The summed E-state index contributed by atoms with van der Waals surface area (Å²) in [4.78, 5) is 12.3. The molecule has 1 rings (SSSR count). The van der Waals surface area contributed by atoms with Gasteiger partial charge in [0.15, 0.2) is 0 Å². The van der Waals surface area contributed by atoms with Crippen molar-refractivity contribution in [3.63, 3.8) is 0 Å². The molecule has 84 valence electrons. The second-order valence-electron chi connectivity index (χ2n) is 3.95. The highest BCUT2D eigenvalue weighted by molar-refractivity contribution is 9.10. The standard InChI is InChI=1S/C10H15BrN2OS/c1-10(2,6-13-9(14)12-3)8-4-7(11)5-15-8/h4-5H,6H2,1-3H3,(H2,12,13,14). The summed E-state index contributed by atoms with van der Waals surface area (Å²) in [5.74, 6) is 0. The Labute approximate surface area is 102 Å². The van der Waals surface area contributed by atoms with Crippen LogP contribution in [0.25, 0.3) is 0 Å². The molecule has 2 N–H and O–H groups in total. The Morgan fingerprint density at radius 1 is 1.60 bits per heavy atom. The predicted octanol–water partition coefficient (Wildman–Crippen LogP) is 2.72. The maximum absolute atomic E-state index is 11.1. The first-order valence-corrected chi connectivity index (χ1v) is 6.33. The molecule has 1 aromatic rings. The molecule has 3 nitrogen and oxygen atoms in total. The van der Waals surface area contributed by atoms with Gasteiger partial charge in [-0.3, -0.25) is 0 Å². The molecule has 0 saturated heterocycles. The maximum Gasteiger partial charge on any atom is 0.314 e. The molecule has 2 amide bonds. The molecule has 0 aliphatic rings. The number of hydrogen-bond acceptors (Lipinski definition) is 2. The molecule has 0 aromatic carbocycles. The first-order chi connectivity index (χ1) is 6.95. The van der Waals surface area contributed by atoms with Crippen LogP contribution in [0.5, 0.6) is 0 Å². The Kier molecular flexibility index (Phi) is 4.16. The lowest BCUT2D eigenvalue weighted by Crippen LogP contribution is -2.40. The van der Waals surface area contributed by atoms with E-state index in [9.17, 15) is 4.79 Å². The Morgan fingerprint density at radius 3 is 2.73 bits per heavy atom. The SMILES string of the molecule is CNC(=O)NCC(C)(C)c1cc(Br)cs1. The van der Waals surface area contributed by atoms with Crippen LogP contribution in [-0.4, -0.2) is 19.6 Å². The Balaban J connectivity index is 2.63. The minimum atomic E-state index is -0.140. The van der Waals surface area contributed by atoms with Crippen molar-refractivity contribution in [3.8, 4) is 0 Å². The Bertz CT molecular complexity index is 349. The topological polar surface area (TPSA) is 41.1 Å². The molecule has 1 aromatic heterocycles. The van der Waals surface area contributed by atoms with Gasteiger partial charge in [-0.25, -0.2) is 4.79 Å². The van der Waals surface area contributed by atoms with Crippen LogP contribution in [0.4, 0.5) is 4.79 Å². The van der Waals surface area contributed by atoms with Crippen LogP contribution in [0.3, 0.4) is 0 Å². The second-order valence-corrected chi connectivity index (χ2v) is 5.77. The van der Waals surface area contributed by atoms with E-state index in [1.807, 2.05) is 0 Å². The average molecular weight is 291 g/mol. The van der Waals surface area contributed by atoms with Gasteiger partial charge < -0.3 is 10.6 Å². The van der Waals surface area contributed by atoms with Gasteiger partial charge in [0.1, 0.15) is 0 Å². The largest absolute Gasteiger partial charge is 0.341 e. The average Bonchev–Trinajstić information content (AvgIpc) is 2.62. The fourth-order valence-corrected chi connectivity index (χ4v) is 2.70. The van der Waals surface area contributed by atoms with E-state index < -0.39 is 0 Å². The molecule has 0 fully saturated rings. The summed E-state index contributed by atoms with van der Waals surface area (Å²) in [5.41, 5.74) is -0.0385. The van der Waals surface area contributed by atoms with Gasteiger partial charge in [0.25, 0.3) is 0 Å². The van der Waals surface area contributed by atoms with Gasteiger partial charge in [-0.1, -0.05) is 13.8 Å². The summed E-state index contributed by atoms with van der Waals surface area (Å²) >= 11 is 5.13. The molecule has 0 bridgehead atoms. The number of urea groups is 1. The van der Waals surface area contributed by atoms with Crippen LogP contribution in [0.2, 0.25) is 0 Å². The molecule has 0 saturated carbocycles. The van der Waals surface area contributed by atoms with Crippen LogP contribution in [-0.2, 0) is 5.41 Å². The second kappa shape index (κ2) is 4.99. The smallest absolute Gasteiger partial charge is 0.314 e. The van der Waals surface area contributed by atoms with E-state index in [4.69, 9.17) is 0 Å². The summed E-state index contributed by atoms with van der Waals surface area (Å²) in [6, 6.07) is 1.95. The van der Waals surface area contributed by atoms with E-state index in [-0.39, 0.29) is 11.4 Å². The molecule has 0 aliphatic heterocycles. The van der Waals surface area contributed by atoms with Crippen LogP contribution < -0.4 is 10.6 Å². The van der Waals surface area contributed by atoms with Crippen molar-refractivity contribution >= 4 is 33.3 Å². The molecule has 15 heavy (non-hydrogen) atoms. The summed E-state index contributed by atoms with van der Waals surface area (Å²) in [5, 5.41) is 7.41. The molecular weight excluding hydrogens is 276 g/mol. The maximum atomic E-state index is 11.1. The molecule has 0 aliphatic carbocycles. The lowest BCUT2D eigenvalue weighted by Gasteiger charge is -2.23. The van der Waals surface area contributed by atoms with E-state index in [1.165, 1.54) is 4.88 Å². The molecule has 0 radical (unpaired) electrons. The third-order valence-electron chi connectivity index (χ3n) is 2.15. The first-order valence-electron chi connectivity index (χ1n) is 4.66. The van der Waals surface area contributed by atoms with Crippen LogP contribution >= 0.6 is 27.3 Å². The number of amides is 2. The first kappa shape index (κ1) is 12.5. The lowest BCUT2D eigenvalue weighted by atomic mass is 9.91. The van der Waals surface area contributed by atoms with Gasteiger partial charge in [-0.2, -0.15) is 0 Å². The number of thiophene rings is 1. The lowest BCUT2D eigenvalue weighted by molar-refractivity contribution is 0.240. The molecular formula is C10H15BrN2OS. The van der Waals surface area contributed by atoms with Gasteiger partial charge in [-0.05, 0) is 22.0 Å². The number of halogens is 1. The highest BCUT2D eigenvalue weighted by Crippen LogP contribution is 2.30. The molecule has 0 spiro atoms. The predicted molar refractivity (Wildman–Crippen MR) is 67.5 cm³/mol. The molecule has 5 heteroatoms. The highest BCUT2D eigenvalue weighted by atomic mass is 79.9. The summed E-state index contributed by atoms with van der Waals surface area (Å²) in [6.07, 6.45) is 0. The zero-order chi connectivity index (χ0) is 11.5. The van der Waals surface area contributed by atoms with Crippen molar-refractivity contribution in [3.05, 3.63) is 20.8 Å². The van der Waals surface area contributed by atoms with E-state index in [2.05, 4.69) is 51.9 Å². The van der Waals surface area contributed by atoms with Gasteiger partial charge in [0, 0.05) is 33.7 Å². The van der Waals surface area contributed by atoms with Gasteiger partial charge in [0.05, 0.1) is 0 Å². The van der Waals surface area contributed by atoms with Crippen molar-refractivity contribution < 1.29 is 4.79 Å². The summed E-state index contributed by atoms with van der Waals surface area (Å²) in [6.45, 7) is 4.85. The normalized spacial score (nSPS) is 11.2. The van der Waals surface area contributed by atoms with Crippen LogP contribution in [0.15, 0.2) is 15.9 Å². The Morgan fingerprint density at radius 2 is 2.27 bits per heavy atom. The van der Waals surface area contributed by atoms with Crippen molar-refractivity contribution in [1.82, 2.24) is 10.6 Å².